The summed E-state index contributed by atoms with van der Waals surface area (Å²) in [6, 6.07) is 7.52. The molecule has 0 saturated heterocycles. The Balaban J connectivity index is 2.66. The van der Waals surface area contributed by atoms with Gasteiger partial charge in [0.15, 0.2) is 0 Å². The second-order valence-corrected chi connectivity index (χ2v) is 3.92. The zero-order valence-electron chi connectivity index (χ0n) is 9.60. The van der Waals surface area contributed by atoms with Crippen LogP contribution in [0.25, 0.3) is 10.8 Å². The Morgan fingerprint density at radius 2 is 1.89 bits per heavy atom. The summed E-state index contributed by atoms with van der Waals surface area (Å²) < 4.78 is 0. The fraction of sp³-hybridized carbons (Fsp3) is 0.0769. The smallest absolute Gasteiger partial charge is 0.336 e. The number of carboxylic acid groups (broad SMARTS) is 1. The number of hydrogen-bond donors (Lipinski definition) is 3. The lowest BCUT2D eigenvalue weighted by Gasteiger charge is -2.07. The highest BCUT2D eigenvalue weighted by molar-refractivity contribution is 6.06. The Bertz CT molecular complexity index is 649. The first-order chi connectivity index (χ1) is 8.47. The van der Waals surface area contributed by atoms with E-state index < -0.39 is 5.97 Å². The molecule has 0 radical (unpaired) electrons. The van der Waals surface area contributed by atoms with Crippen molar-refractivity contribution in [1.82, 2.24) is 0 Å². The zero-order valence-corrected chi connectivity index (χ0v) is 9.60. The predicted octanol–water partition coefficient (Wildman–Crippen LogP) is 2.20. The van der Waals surface area contributed by atoms with Crippen LogP contribution in [0.15, 0.2) is 30.3 Å². The maximum Gasteiger partial charge on any atom is 0.336 e. The number of amides is 1. The molecule has 2 aromatic carbocycles. The quantitative estimate of drug-likeness (QED) is 0.757. The molecule has 0 atom stereocenters. The molecule has 92 valence electrons. The molecule has 0 aliphatic rings. The number of nitrogens with one attached hydrogen (secondary N) is 1. The Labute approximate surface area is 103 Å². The number of fused-ring (bicyclic) bond motifs is 1. The standard InChI is InChI=1S/C13H11NO4/c1-7(15)14-9-3-2-8-4-10(16)6-12(13(17)18)11(8)5-9/h2-6,16H,1H3,(H,14,15)(H,17,18). The van der Waals surface area contributed by atoms with E-state index in [0.717, 1.165) is 0 Å². The third kappa shape index (κ3) is 2.24. The van der Waals surface area contributed by atoms with E-state index >= 15 is 0 Å². The van der Waals surface area contributed by atoms with Crippen LogP contribution in [0.5, 0.6) is 5.75 Å². The van der Waals surface area contributed by atoms with Crippen molar-refractivity contribution in [2.45, 2.75) is 6.92 Å². The van der Waals surface area contributed by atoms with Gasteiger partial charge in [-0.2, -0.15) is 0 Å². The van der Waals surface area contributed by atoms with Crippen molar-refractivity contribution in [3.05, 3.63) is 35.9 Å². The van der Waals surface area contributed by atoms with Crippen molar-refractivity contribution in [1.29, 1.82) is 0 Å². The zero-order chi connectivity index (χ0) is 13.3. The van der Waals surface area contributed by atoms with Crippen LogP contribution in [0.3, 0.4) is 0 Å². The normalized spacial score (nSPS) is 10.3. The second kappa shape index (κ2) is 4.37. The molecule has 5 nitrogen and oxygen atoms in total. The molecular formula is C13H11NO4. The third-order valence-corrected chi connectivity index (χ3v) is 2.49. The average Bonchev–Trinajstić information content (AvgIpc) is 2.27. The topological polar surface area (TPSA) is 86.6 Å². The number of aromatic carboxylic acids is 1. The highest BCUT2D eigenvalue weighted by Gasteiger charge is 2.11. The number of phenols is 1. The van der Waals surface area contributed by atoms with E-state index in [4.69, 9.17) is 5.11 Å². The van der Waals surface area contributed by atoms with Gasteiger partial charge in [0.25, 0.3) is 0 Å². The number of hydrogen-bond acceptors (Lipinski definition) is 3. The number of rotatable bonds is 2. The van der Waals surface area contributed by atoms with Gasteiger partial charge in [-0.05, 0) is 35.0 Å². The minimum absolute atomic E-state index is 0.00259. The first-order valence-corrected chi connectivity index (χ1v) is 5.25. The lowest BCUT2D eigenvalue weighted by atomic mass is 10.0. The number of carbonyl (C=O) groups is 2. The predicted molar refractivity (Wildman–Crippen MR) is 66.9 cm³/mol. The van der Waals surface area contributed by atoms with Crippen LogP contribution in [-0.2, 0) is 4.79 Å². The van der Waals surface area contributed by atoms with E-state index in [2.05, 4.69) is 5.32 Å². The van der Waals surface area contributed by atoms with Crippen molar-refractivity contribution in [3.8, 4) is 5.75 Å². The van der Waals surface area contributed by atoms with Gasteiger partial charge in [0, 0.05) is 12.6 Å². The van der Waals surface area contributed by atoms with E-state index in [0.29, 0.717) is 16.5 Å². The summed E-state index contributed by atoms with van der Waals surface area (Å²) in [5.41, 5.74) is 0.514. The molecule has 1 amide bonds. The van der Waals surface area contributed by atoms with Gasteiger partial charge < -0.3 is 15.5 Å². The minimum atomic E-state index is -1.13. The van der Waals surface area contributed by atoms with Crippen LogP contribution in [0.1, 0.15) is 17.3 Å². The molecule has 0 bridgehead atoms. The van der Waals surface area contributed by atoms with Gasteiger partial charge in [-0.1, -0.05) is 6.07 Å². The Hall–Kier alpha value is -2.56. The molecule has 0 saturated carbocycles. The van der Waals surface area contributed by atoms with Gasteiger partial charge in [-0.15, -0.1) is 0 Å². The molecule has 0 aliphatic carbocycles. The van der Waals surface area contributed by atoms with E-state index in [9.17, 15) is 14.7 Å². The molecule has 5 heteroatoms. The summed E-state index contributed by atoms with van der Waals surface area (Å²) >= 11 is 0. The SMILES string of the molecule is CC(=O)Nc1ccc2cc(O)cc(C(=O)O)c2c1. The van der Waals surface area contributed by atoms with E-state index in [-0.39, 0.29) is 17.2 Å². The highest BCUT2D eigenvalue weighted by Crippen LogP contribution is 2.27. The van der Waals surface area contributed by atoms with Crippen LogP contribution < -0.4 is 5.32 Å². The molecule has 0 spiro atoms. The van der Waals surface area contributed by atoms with Crippen molar-refractivity contribution < 1.29 is 19.8 Å². The molecule has 18 heavy (non-hydrogen) atoms. The number of benzene rings is 2. The lowest BCUT2D eigenvalue weighted by molar-refractivity contribution is -0.114. The van der Waals surface area contributed by atoms with Gasteiger partial charge in [-0.25, -0.2) is 4.79 Å². The number of aromatic hydroxyl groups is 1. The summed E-state index contributed by atoms with van der Waals surface area (Å²) in [5.74, 6) is -1.46. The van der Waals surface area contributed by atoms with Crippen LogP contribution in [-0.4, -0.2) is 22.1 Å². The average molecular weight is 245 g/mol. The molecule has 0 aliphatic heterocycles. The molecular weight excluding hydrogens is 234 g/mol. The van der Waals surface area contributed by atoms with Crippen LogP contribution in [0.4, 0.5) is 5.69 Å². The first-order valence-electron chi connectivity index (χ1n) is 5.25. The van der Waals surface area contributed by atoms with Gasteiger partial charge in [-0.3, -0.25) is 4.79 Å². The highest BCUT2D eigenvalue weighted by atomic mass is 16.4. The molecule has 0 fully saturated rings. The van der Waals surface area contributed by atoms with Crippen LogP contribution >= 0.6 is 0 Å². The maximum absolute atomic E-state index is 11.1. The van der Waals surface area contributed by atoms with Gasteiger partial charge in [0.05, 0.1) is 5.56 Å². The van der Waals surface area contributed by atoms with E-state index in [1.54, 1.807) is 18.2 Å². The van der Waals surface area contributed by atoms with Crippen LogP contribution in [0.2, 0.25) is 0 Å². The number of anilines is 1. The molecule has 0 aromatic heterocycles. The summed E-state index contributed by atoms with van der Waals surface area (Å²) in [6.45, 7) is 1.37. The largest absolute Gasteiger partial charge is 0.508 e. The van der Waals surface area contributed by atoms with Crippen molar-refractivity contribution in [2.75, 3.05) is 5.32 Å². The molecule has 3 N–H and O–H groups in total. The molecule has 0 unspecified atom stereocenters. The number of carboxylic acids is 1. The Morgan fingerprint density at radius 1 is 1.17 bits per heavy atom. The Morgan fingerprint density at radius 3 is 2.50 bits per heavy atom. The molecule has 2 aromatic rings. The van der Waals surface area contributed by atoms with E-state index in [1.807, 2.05) is 0 Å². The second-order valence-electron chi connectivity index (χ2n) is 3.92. The minimum Gasteiger partial charge on any atom is -0.508 e. The van der Waals surface area contributed by atoms with Gasteiger partial charge in [0.2, 0.25) is 5.91 Å². The maximum atomic E-state index is 11.1. The summed E-state index contributed by atoms with van der Waals surface area (Å²) in [4.78, 5) is 22.1. The lowest BCUT2D eigenvalue weighted by Crippen LogP contribution is -2.06. The van der Waals surface area contributed by atoms with Crippen molar-refractivity contribution >= 4 is 28.3 Å². The number of phenolic OH excluding ortho intramolecular Hbond substituents is 1. The fourth-order valence-corrected chi connectivity index (χ4v) is 1.80. The number of carbonyl (C=O) groups excluding carboxylic acids is 1. The summed E-state index contributed by atoms with van der Waals surface area (Å²) in [7, 11) is 0. The van der Waals surface area contributed by atoms with Crippen molar-refractivity contribution in [3.63, 3.8) is 0 Å². The Kier molecular flexibility index (Phi) is 2.89. The summed E-state index contributed by atoms with van der Waals surface area (Å²) in [6.07, 6.45) is 0. The van der Waals surface area contributed by atoms with Crippen molar-refractivity contribution in [2.24, 2.45) is 0 Å². The first kappa shape index (κ1) is 11.9. The third-order valence-electron chi connectivity index (χ3n) is 2.49. The monoisotopic (exact) mass is 245 g/mol. The molecule has 2 rings (SSSR count). The molecule has 0 heterocycles. The van der Waals surface area contributed by atoms with E-state index in [1.165, 1.54) is 19.1 Å². The summed E-state index contributed by atoms with van der Waals surface area (Å²) in [5, 5.41) is 22.2. The fourth-order valence-electron chi connectivity index (χ4n) is 1.80. The van der Waals surface area contributed by atoms with Gasteiger partial charge in [0.1, 0.15) is 5.75 Å². The van der Waals surface area contributed by atoms with Gasteiger partial charge >= 0.3 is 5.97 Å². The van der Waals surface area contributed by atoms with Crippen LogP contribution in [0, 0.1) is 0 Å².